The molecule has 1 radical (unpaired) electrons. The van der Waals surface area contributed by atoms with Crippen molar-refractivity contribution in [2.24, 2.45) is 0 Å². The summed E-state index contributed by atoms with van der Waals surface area (Å²) in [4.78, 5) is 9.52. The zero-order valence-corrected chi connectivity index (χ0v) is 4.48. The van der Waals surface area contributed by atoms with Crippen LogP contribution in [0.25, 0.3) is 0 Å². The first-order chi connectivity index (χ1) is 3.41. The Kier molecular flexibility index (Phi) is 4.95. The summed E-state index contributed by atoms with van der Waals surface area (Å²) >= 11 is 0. The number of unbranched alkanes of at least 4 members (excludes halogenated alkanes) is 1. The SMILES string of the molecule is CC=CCC[C]=O. The first kappa shape index (κ1) is 6.41. The van der Waals surface area contributed by atoms with Gasteiger partial charge in [-0.05, 0) is 13.3 Å². The van der Waals surface area contributed by atoms with Gasteiger partial charge in [-0.15, -0.1) is 0 Å². The van der Waals surface area contributed by atoms with Crippen LogP contribution in [0.15, 0.2) is 12.2 Å². The van der Waals surface area contributed by atoms with Gasteiger partial charge < -0.3 is 0 Å². The second kappa shape index (κ2) is 5.41. The molecule has 0 heterocycles. The summed E-state index contributed by atoms with van der Waals surface area (Å²) < 4.78 is 0. The molecule has 0 bridgehead atoms. The fourth-order valence-corrected chi connectivity index (χ4v) is 0.309. The van der Waals surface area contributed by atoms with E-state index < -0.39 is 0 Å². The molecule has 0 N–H and O–H groups in total. The summed E-state index contributed by atoms with van der Waals surface area (Å²) in [7, 11) is 0. The minimum Gasteiger partial charge on any atom is -0.291 e. The molecule has 1 heteroatoms. The highest BCUT2D eigenvalue weighted by atomic mass is 16.1. The predicted molar refractivity (Wildman–Crippen MR) is 29.7 cm³/mol. The van der Waals surface area contributed by atoms with E-state index in [2.05, 4.69) is 0 Å². The second-order valence-electron chi connectivity index (χ2n) is 1.25. The molecule has 0 aliphatic heterocycles. The molecule has 0 aromatic carbocycles. The highest BCUT2D eigenvalue weighted by molar-refractivity contribution is 5.50. The quantitative estimate of drug-likeness (QED) is 0.385. The lowest BCUT2D eigenvalue weighted by atomic mass is 10.3. The molecule has 0 unspecified atom stereocenters. The van der Waals surface area contributed by atoms with Gasteiger partial charge in [0.25, 0.3) is 0 Å². The Morgan fingerprint density at radius 1 is 1.71 bits per heavy atom. The van der Waals surface area contributed by atoms with Crippen LogP contribution in [-0.4, -0.2) is 6.29 Å². The summed E-state index contributed by atoms with van der Waals surface area (Å²) in [6, 6.07) is 0. The molecule has 1 nitrogen and oxygen atoms in total. The molecule has 0 atom stereocenters. The van der Waals surface area contributed by atoms with Gasteiger partial charge in [0.1, 0.15) is 0 Å². The monoisotopic (exact) mass is 97.1 g/mol. The molecule has 0 saturated heterocycles. The van der Waals surface area contributed by atoms with Gasteiger partial charge in [-0.2, -0.15) is 0 Å². The lowest BCUT2D eigenvalue weighted by Crippen LogP contribution is -1.67. The van der Waals surface area contributed by atoms with E-state index in [4.69, 9.17) is 0 Å². The third-order valence-corrected chi connectivity index (χ3v) is 0.649. The molecule has 0 aromatic heterocycles. The van der Waals surface area contributed by atoms with Crippen LogP contribution in [0.4, 0.5) is 0 Å². The number of hydrogen-bond donors (Lipinski definition) is 0. The molecule has 0 saturated carbocycles. The van der Waals surface area contributed by atoms with Gasteiger partial charge in [-0.1, -0.05) is 12.2 Å². The second-order valence-corrected chi connectivity index (χ2v) is 1.25. The Hall–Kier alpha value is -0.590. The molecule has 0 rings (SSSR count). The fourth-order valence-electron chi connectivity index (χ4n) is 0.309. The van der Waals surface area contributed by atoms with E-state index in [1.807, 2.05) is 19.1 Å². The number of hydrogen-bond acceptors (Lipinski definition) is 1. The maximum absolute atomic E-state index is 9.52. The Morgan fingerprint density at radius 2 is 2.43 bits per heavy atom. The molecule has 7 heavy (non-hydrogen) atoms. The van der Waals surface area contributed by atoms with E-state index in [0.29, 0.717) is 6.42 Å². The van der Waals surface area contributed by atoms with Crippen molar-refractivity contribution in [3.63, 3.8) is 0 Å². The topological polar surface area (TPSA) is 17.1 Å². The van der Waals surface area contributed by atoms with Crippen LogP contribution in [0.5, 0.6) is 0 Å². The van der Waals surface area contributed by atoms with Gasteiger partial charge in [0, 0.05) is 6.42 Å². The zero-order chi connectivity index (χ0) is 5.54. The Bertz CT molecular complexity index is 64.6. The third-order valence-electron chi connectivity index (χ3n) is 0.649. The van der Waals surface area contributed by atoms with Gasteiger partial charge in [-0.3, -0.25) is 4.79 Å². The number of rotatable bonds is 3. The van der Waals surface area contributed by atoms with Crippen molar-refractivity contribution >= 4 is 6.29 Å². The van der Waals surface area contributed by atoms with Crippen molar-refractivity contribution in [2.45, 2.75) is 19.8 Å². The first-order valence-electron chi connectivity index (χ1n) is 2.38. The average molecular weight is 97.1 g/mol. The lowest BCUT2D eigenvalue weighted by molar-refractivity contribution is 0.552. The largest absolute Gasteiger partial charge is 0.291 e. The van der Waals surface area contributed by atoms with E-state index in [1.165, 1.54) is 0 Å². The predicted octanol–water partition coefficient (Wildman–Crippen LogP) is 1.45. The molecule has 0 amide bonds. The summed E-state index contributed by atoms with van der Waals surface area (Å²) in [6.07, 6.45) is 7.04. The van der Waals surface area contributed by atoms with Crippen molar-refractivity contribution in [1.82, 2.24) is 0 Å². The standard InChI is InChI=1S/C6H9O/c1-2-3-4-5-6-7/h2-3H,4-5H2,1H3. The van der Waals surface area contributed by atoms with E-state index >= 15 is 0 Å². The van der Waals surface area contributed by atoms with Gasteiger partial charge in [0.2, 0.25) is 0 Å². The summed E-state index contributed by atoms with van der Waals surface area (Å²) in [5, 5.41) is 0. The van der Waals surface area contributed by atoms with Crippen LogP contribution in [-0.2, 0) is 4.79 Å². The Morgan fingerprint density at radius 3 is 2.86 bits per heavy atom. The van der Waals surface area contributed by atoms with E-state index in [1.54, 1.807) is 6.29 Å². The Balaban J connectivity index is 2.82. The molecule has 0 aliphatic carbocycles. The van der Waals surface area contributed by atoms with Crippen LogP contribution < -0.4 is 0 Å². The molecule has 0 aliphatic rings. The van der Waals surface area contributed by atoms with Gasteiger partial charge in [-0.25, -0.2) is 0 Å². The molecular weight excluding hydrogens is 88.1 g/mol. The van der Waals surface area contributed by atoms with Crippen LogP contribution >= 0.6 is 0 Å². The van der Waals surface area contributed by atoms with Crippen molar-refractivity contribution in [3.05, 3.63) is 12.2 Å². The fraction of sp³-hybridized carbons (Fsp3) is 0.500. The summed E-state index contributed by atoms with van der Waals surface area (Å²) in [5.74, 6) is 0. The van der Waals surface area contributed by atoms with E-state index in [0.717, 1.165) is 6.42 Å². The molecular formula is C6H9O. The molecule has 0 fully saturated rings. The molecule has 0 aromatic rings. The van der Waals surface area contributed by atoms with Crippen molar-refractivity contribution in [1.29, 1.82) is 0 Å². The maximum Gasteiger partial charge on any atom is 0.198 e. The highest BCUT2D eigenvalue weighted by Crippen LogP contribution is 1.84. The van der Waals surface area contributed by atoms with Gasteiger partial charge in [0.05, 0.1) is 0 Å². The third kappa shape index (κ3) is 5.41. The first-order valence-corrected chi connectivity index (χ1v) is 2.38. The zero-order valence-electron chi connectivity index (χ0n) is 4.48. The van der Waals surface area contributed by atoms with E-state index in [-0.39, 0.29) is 0 Å². The lowest BCUT2D eigenvalue weighted by Gasteiger charge is -1.75. The van der Waals surface area contributed by atoms with Gasteiger partial charge >= 0.3 is 0 Å². The number of carbonyl (C=O) groups excluding carboxylic acids is 1. The van der Waals surface area contributed by atoms with Crippen LogP contribution in [0.1, 0.15) is 19.8 Å². The summed E-state index contributed by atoms with van der Waals surface area (Å²) in [5.41, 5.74) is 0. The summed E-state index contributed by atoms with van der Waals surface area (Å²) in [6.45, 7) is 1.94. The van der Waals surface area contributed by atoms with Crippen LogP contribution in [0.3, 0.4) is 0 Å². The molecule has 0 spiro atoms. The Labute approximate surface area is 44.0 Å². The van der Waals surface area contributed by atoms with Gasteiger partial charge in [0.15, 0.2) is 6.29 Å². The van der Waals surface area contributed by atoms with Crippen molar-refractivity contribution in [2.75, 3.05) is 0 Å². The molecule has 39 valence electrons. The minimum absolute atomic E-state index is 0.532. The van der Waals surface area contributed by atoms with Crippen molar-refractivity contribution < 1.29 is 4.79 Å². The average Bonchev–Trinajstić information content (AvgIpc) is 1.69. The maximum atomic E-state index is 9.52. The van der Waals surface area contributed by atoms with Crippen LogP contribution in [0, 0.1) is 0 Å². The smallest absolute Gasteiger partial charge is 0.198 e. The van der Waals surface area contributed by atoms with Crippen LogP contribution in [0.2, 0.25) is 0 Å². The van der Waals surface area contributed by atoms with Crippen molar-refractivity contribution in [3.8, 4) is 0 Å². The highest BCUT2D eigenvalue weighted by Gasteiger charge is 1.74. The normalized spacial score (nSPS) is 9.86. The number of allylic oxidation sites excluding steroid dienone is 2. The minimum atomic E-state index is 0.532. The van der Waals surface area contributed by atoms with E-state index in [9.17, 15) is 4.79 Å².